The quantitative estimate of drug-likeness (QED) is 0.325. The molecule has 152 valence electrons. The van der Waals surface area contributed by atoms with Gasteiger partial charge in [0.2, 0.25) is 5.95 Å². The van der Waals surface area contributed by atoms with Crippen LogP contribution in [0.4, 0.5) is 5.95 Å². The van der Waals surface area contributed by atoms with E-state index in [1.54, 1.807) is 6.21 Å². The molecule has 0 spiro atoms. The predicted molar refractivity (Wildman–Crippen MR) is 113 cm³/mol. The minimum Gasteiger partial charge on any atom is -0.490 e. The van der Waals surface area contributed by atoms with E-state index in [1.165, 1.54) is 6.07 Å². The third-order valence-electron chi connectivity index (χ3n) is 3.96. The Morgan fingerprint density at radius 1 is 1.11 bits per heavy atom. The smallest absolute Gasteiger partial charge is 0.252 e. The van der Waals surface area contributed by atoms with Crippen molar-refractivity contribution in [3.63, 3.8) is 0 Å². The number of anilines is 1. The van der Waals surface area contributed by atoms with Crippen LogP contribution in [0.25, 0.3) is 0 Å². The first-order valence-electron chi connectivity index (χ1n) is 9.95. The molecule has 2 rings (SSSR count). The molecule has 0 saturated heterocycles. The van der Waals surface area contributed by atoms with Gasteiger partial charge in [0.25, 0.3) is 5.56 Å². The fourth-order valence-electron chi connectivity index (χ4n) is 2.64. The summed E-state index contributed by atoms with van der Waals surface area (Å²) in [7, 11) is 0. The number of nitrogens with one attached hydrogen (secondary N) is 2. The molecule has 1 aromatic heterocycles. The highest BCUT2D eigenvalue weighted by atomic mass is 16.5. The summed E-state index contributed by atoms with van der Waals surface area (Å²) in [6.45, 7) is 7.38. The van der Waals surface area contributed by atoms with Gasteiger partial charge in [-0.05, 0) is 43.5 Å². The Morgan fingerprint density at radius 3 is 2.71 bits per heavy atom. The van der Waals surface area contributed by atoms with E-state index >= 15 is 0 Å². The van der Waals surface area contributed by atoms with Gasteiger partial charge in [0, 0.05) is 11.8 Å². The van der Waals surface area contributed by atoms with Crippen LogP contribution < -0.4 is 20.5 Å². The Bertz CT molecular complexity index is 818. The minimum atomic E-state index is -0.195. The van der Waals surface area contributed by atoms with Crippen LogP contribution in [0.2, 0.25) is 0 Å². The van der Waals surface area contributed by atoms with Crippen LogP contribution in [0.1, 0.15) is 57.7 Å². The van der Waals surface area contributed by atoms with Crippen LogP contribution in [0.15, 0.2) is 34.2 Å². The highest BCUT2D eigenvalue weighted by Crippen LogP contribution is 2.28. The molecule has 0 aliphatic rings. The summed E-state index contributed by atoms with van der Waals surface area (Å²) in [5, 5.41) is 4.17. The van der Waals surface area contributed by atoms with Crippen LogP contribution in [0.3, 0.4) is 0 Å². The molecule has 0 amide bonds. The zero-order valence-electron chi connectivity index (χ0n) is 17.0. The lowest BCUT2D eigenvalue weighted by molar-refractivity contribution is 0.271. The number of hydrazone groups is 1. The largest absolute Gasteiger partial charge is 0.490 e. The molecule has 2 aromatic rings. The van der Waals surface area contributed by atoms with Crippen molar-refractivity contribution in [3.8, 4) is 11.5 Å². The van der Waals surface area contributed by atoms with E-state index in [1.807, 2.05) is 32.0 Å². The Hall–Kier alpha value is -2.83. The molecule has 7 heteroatoms. The first-order chi connectivity index (χ1) is 13.7. The zero-order chi connectivity index (χ0) is 20.2. The van der Waals surface area contributed by atoms with Crippen LogP contribution in [-0.4, -0.2) is 29.4 Å². The standard InChI is InChI=1S/C21H30N4O3/c1-4-7-8-12-28-18-11-10-16(13-19(18)27-6-3)15-22-25-21-23-17(9-5-2)14-20(26)24-21/h10-11,13-15H,4-9,12H2,1-3H3,(H2,23,24,25,26)/b22-15+. The summed E-state index contributed by atoms with van der Waals surface area (Å²) >= 11 is 0. The van der Waals surface area contributed by atoms with E-state index in [4.69, 9.17) is 9.47 Å². The van der Waals surface area contributed by atoms with Gasteiger partial charge in [-0.25, -0.2) is 10.4 Å². The van der Waals surface area contributed by atoms with Crippen molar-refractivity contribution in [1.82, 2.24) is 9.97 Å². The average Bonchev–Trinajstić information content (AvgIpc) is 2.67. The summed E-state index contributed by atoms with van der Waals surface area (Å²) in [5.41, 5.74) is 4.18. The van der Waals surface area contributed by atoms with Crippen molar-refractivity contribution in [3.05, 3.63) is 45.9 Å². The topological polar surface area (TPSA) is 88.6 Å². The van der Waals surface area contributed by atoms with Gasteiger partial charge in [-0.2, -0.15) is 5.10 Å². The van der Waals surface area contributed by atoms with Gasteiger partial charge in [-0.3, -0.25) is 9.78 Å². The second-order valence-electron chi connectivity index (χ2n) is 6.40. The Labute approximate surface area is 166 Å². The lowest BCUT2D eigenvalue weighted by Crippen LogP contribution is -2.12. The van der Waals surface area contributed by atoms with Crippen molar-refractivity contribution in [2.24, 2.45) is 5.10 Å². The Balaban J connectivity index is 2.04. The summed E-state index contributed by atoms with van der Waals surface area (Å²) in [6.07, 6.45) is 6.65. The van der Waals surface area contributed by atoms with Gasteiger partial charge in [0.05, 0.1) is 19.4 Å². The molecule has 1 heterocycles. The number of H-pyrrole nitrogens is 1. The molecular weight excluding hydrogens is 356 g/mol. The number of nitrogens with zero attached hydrogens (tertiary/aromatic N) is 2. The van der Waals surface area contributed by atoms with Gasteiger partial charge < -0.3 is 9.47 Å². The number of unbranched alkanes of at least 4 members (excludes halogenated alkanes) is 2. The van der Waals surface area contributed by atoms with Crippen molar-refractivity contribution in [2.45, 2.75) is 52.9 Å². The van der Waals surface area contributed by atoms with E-state index in [9.17, 15) is 4.79 Å². The molecule has 0 aliphatic carbocycles. The second-order valence-corrected chi connectivity index (χ2v) is 6.40. The molecule has 2 N–H and O–H groups in total. The fraction of sp³-hybridized carbons (Fsp3) is 0.476. The van der Waals surface area contributed by atoms with Crippen molar-refractivity contribution >= 4 is 12.2 Å². The number of ether oxygens (including phenoxy) is 2. The molecule has 0 unspecified atom stereocenters. The molecule has 7 nitrogen and oxygen atoms in total. The Morgan fingerprint density at radius 2 is 1.96 bits per heavy atom. The van der Waals surface area contributed by atoms with E-state index in [2.05, 4.69) is 27.4 Å². The average molecular weight is 386 g/mol. The first-order valence-corrected chi connectivity index (χ1v) is 9.95. The molecule has 28 heavy (non-hydrogen) atoms. The lowest BCUT2D eigenvalue weighted by Gasteiger charge is -2.12. The van der Waals surface area contributed by atoms with Crippen molar-refractivity contribution in [1.29, 1.82) is 0 Å². The third kappa shape index (κ3) is 7.06. The minimum absolute atomic E-state index is 0.195. The molecule has 1 aromatic carbocycles. The maximum Gasteiger partial charge on any atom is 0.252 e. The fourth-order valence-corrected chi connectivity index (χ4v) is 2.64. The number of hydrogen-bond donors (Lipinski definition) is 2. The van der Waals surface area contributed by atoms with Crippen LogP contribution in [0.5, 0.6) is 11.5 Å². The Kier molecular flexibility index (Phi) is 9.04. The second kappa shape index (κ2) is 11.8. The van der Waals surface area contributed by atoms with E-state index in [0.29, 0.717) is 24.9 Å². The molecule has 0 aliphatic heterocycles. The first kappa shape index (κ1) is 21.5. The predicted octanol–water partition coefficient (Wildman–Crippen LogP) is 4.14. The monoisotopic (exact) mass is 386 g/mol. The molecule has 0 saturated carbocycles. The number of hydrogen-bond acceptors (Lipinski definition) is 6. The summed E-state index contributed by atoms with van der Waals surface area (Å²) in [6, 6.07) is 7.19. The van der Waals surface area contributed by atoms with E-state index in [0.717, 1.165) is 49.1 Å². The summed E-state index contributed by atoms with van der Waals surface area (Å²) < 4.78 is 11.5. The van der Waals surface area contributed by atoms with Crippen LogP contribution >= 0.6 is 0 Å². The van der Waals surface area contributed by atoms with E-state index in [-0.39, 0.29) is 5.56 Å². The maximum atomic E-state index is 11.7. The molecule has 0 radical (unpaired) electrons. The number of rotatable bonds is 12. The van der Waals surface area contributed by atoms with Crippen molar-refractivity contribution < 1.29 is 9.47 Å². The molecule has 0 fully saturated rings. The summed E-state index contributed by atoms with van der Waals surface area (Å²) in [4.78, 5) is 18.7. The van der Waals surface area contributed by atoms with Gasteiger partial charge >= 0.3 is 0 Å². The molecule has 0 bridgehead atoms. The molecule has 0 atom stereocenters. The lowest BCUT2D eigenvalue weighted by atomic mass is 10.2. The van der Waals surface area contributed by atoms with Crippen molar-refractivity contribution in [2.75, 3.05) is 18.6 Å². The van der Waals surface area contributed by atoms with E-state index < -0.39 is 0 Å². The zero-order valence-corrected chi connectivity index (χ0v) is 17.0. The summed E-state index contributed by atoms with van der Waals surface area (Å²) in [5.74, 6) is 1.76. The highest BCUT2D eigenvalue weighted by Gasteiger charge is 2.06. The van der Waals surface area contributed by atoms with Gasteiger partial charge in [-0.1, -0.05) is 33.1 Å². The normalized spacial score (nSPS) is 11.0. The van der Waals surface area contributed by atoms with Gasteiger partial charge in [-0.15, -0.1) is 0 Å². The van der Waals surface area contributed by atoms with Gasteiger partial charge in [0.1, 0.15) is 0 Å². The molecular formula is C21H30N4O3. The van der Waals surface area contributed by atoms with Gasteiger partial charge in [0.15, 0.2) is 11.5 Å². The van der Waals surface area contributed by atoms with Crippen LogP contribution in [-0.2, 0) is 6.42 Å². The number of aryl methyl sites for hydroxylation is 1. The maximum absolute atomic E-state index is 11.7. The third-order valence-corrected chi connectivity index (χ3v) is 3.96. The highest BCUT2D eigenvalue weighted by molar-refractivity contribution is 5.81. The number of aromatic amines is 1. The SMILES string of the molecule is CCCCCOc1ccc(/C=N/Nc2nc(CCC)cc(=O)[nH]2)cc1OCC. The number of aromatic nitrogens is 2. The van der Waals surface area contributed by atoms with Crippen LogP contribution in [0, 0.1) is 0 Å². The number of benzene rings is 1.